The van der Waals surface area contributed by atoms with Crippen molar-refractivity contribution in [2.24, 2.45) is 11.8 Å². The lowest BCUT2D eigenvalue weighted by atomic mass is 10.0. The summed E-state index contributed by atoms with van der Waals surface area (Å²) in [6.45, 7) is 5.53. The summed E-state index contributed by atoms with van der Waals surface area (Å²) in [5.41, 5.74) is 2.69. The number of piperazine rings is 1. The smallest absolute Gasteiger partial charge is 0.234 e. The number of nitrogens with one attached hydrogen (secondary N) is 2. The summed E-state index contributed by atoms with van der Waals surface area (Å²) in [6, 6.07) is 9.66. The molecule has 1 aromatic rings. The zero-order valence-electron chi connectivity index (χ0n) is 15.7. The van der Waals surface area contributed by atoms with Crippen LogP contribution in [0.1, 0.15) is 49.8 Å². The number of rotatable bonds is 7. The largest absolute Gasteiger partial charge is 0.352 e. The van der Waals surface area contributed by atoms with Gasteiger partial charge in [0.1, 0.15) is 0 Å². The number of halogens is 1. The second-order valence-electron chi connectivity index (χ2n) is 8.05. The first kappa shape index (κ1) is 19.7. The average molecular weight is 378 g/mol. The van der Waals surface area contributed by atoms with Crippen molar-refractivity contribution in [1.29, 1.82) is 0 Å². The van der Waals surface area contributed by atoms with Gasteiger partial charge in [0.25, 0.3) is 0 Å². The Balaban J connectivity index is 0.00000196. The minimum Gasteiger partial charge on any atom is -0.352 e. The van der Waals surface area contributed by atoms with Crippen molar-refractivity contribution in [3.63, 3.8) is 0 Å². The lowest BCUT2D eigenvalue weighted by Crippen LogP contribution is -2.51. The van der Waals surface area contributed by atoms with E-state index in [9.17, 15) is 4.79 Å². The molecule has 5 heteroatoms. The topological polar surface area (TPSA) is 44.4 Å². The Morgan fingerprint density at radius 1 is 1.19 bits per heavy atom. The molecule has 3 fully saturated rings. The van der Waals surface area contributed by atoms with E-state index in [1.807, 2.05) is 0 Å². The van der Waals surface area contributed by atoms with Crippen molar-refractivity contribution in [2.45, 2.75) is 51.1 Å². The van der Waals surface area contributed by atoms with Gasteiger partial charge in [-0.25, -0.2) is 0 Å². The van der Waals surface area contributed by atoms with Gasteiger partial charge in [-0.05, 0) is 55.1 Å². The Morgan fingerprint density at radius 2 is 1.85 bits per heavy atom. The Bertz CT molecular complexity index is 586. The molecule has 26 heavy (non-hydrogen) atoms. The maximum absolute atomic E-state index is 12.7. The molecule has 1 aliphatic heterocycles. The molecule has 4 nitrogen and oxygen atoms in total. The van der Waals surface area contributed by atoms with Gasteiger partial charge >= 0.3 is 0 Å². The highest BCUT2D eigenvalue weighted by atomic mass is 35.5. The van der Waals surface area contributed by atoms with Gasteiger partial charge in [0.05, 0.1) is 6.54 Å². The van der Waals surface area contributed by atoms with Gasteiger partial charge in [0.2, 0.25) is 5.91 Å². The number of nitrogens with zero attached hydrogens (tertiary/aromatic N) is 1. The molecule has 1 amide bonds. The van der Waals surface area contributed by atoms with Gasteiger partial charge in [-0.1, -0.05) is 31.2 Å². The van der Waals surface area contributed by atoms with Crippen LogP contribution in [0.3, 0.4) is 0 Å². The van der Waals surface area contributed by atoms with E-state index < -0.39 is 0 Å². The third kappa shape index (κ3) is 4.79. The summed E-state index contributed by atoms with van der Waals surface area (Å²) >= 11 is 0. The highest BCUT2D eigenvalue weighted by Crippen LogP contribution is 2.44. The van der Waals surface area contributed by atoms with Gasteiger partial charge in [-0.3, -0.25) is 9.69 Å². The number of carbonyl (C=O) groups excluding carboxylic acids is 1. The Hall–Kier alpha value is -1.10. The Labute approximate surface area is 163 Å². The zero-order valence-corrected chi connectivity index (χ0v) is 16.6. The molecule has 1 unspecified atom stereocenters. The standard InChI is InChI=1S/C21H31N3O.ClH/c1-2-15-3-5-16(6-4-15)19-13-22-11-12-24(19)14-20(25)23-21(17-7-8-17)18-9-10-18;/h3-6,17-19,21-22H,2,7-14H2,1H3,(H,23,25);1H. The van der Waals surface area contributed by atoms with Crippen LogP contribution in [-0.2, 0) is 11.2 Å². The van der Waals surface area contributed by atoms with Crippen LogP contribution < -0.4 is 10.6 Å². The first-order valence-electron chi connectivity index (χ1n) is 10.1. The SMILES string of the molecule is CCc1ccc(C2CNCCN2CC(=O)NC(C2CC2)C2CC2)cc1.Cl. The van der Waals surface area contributed by atoms with E-state index in [2.05, 4.69) is 46.7 Å². The van der Waals surface area contributed by atoms with E-state index in [1.165, 1.54) is 36.8 Å². The van der Waals surface area contributed by atoms with Crippen LogP contribution in [0.25, 0.3) is 0 Å². The van der Waals surface area contributed by atoms with Gasteiger partial charge in [0, 0.05) is 31.7 Å². The van der Waals surface area contributed by atoms with Gasteiger partial charge in [0.15, 0.2) is 0 Å². The average Bonchev–Trinajstić information content (AvgIpc) is 3.54. The lowest BCUT2D eigenvalue weighted by molar-refractivity contribution is -0.124. The fourth-order valence-electron chi connectivity index (χ4n) is 4.19. The maximum atomic E-state index is 12.7. The first-order valence-corrected chi connectivity index (χ1v) is 10.1. The second-order valence-corrected chi connectivity index (χ2v) is 8.05. The van der Waals surface area contributed by atoms with E-state index in [0.717, 1.165) is 37.9 Å². The molecule has 2 N–H and O–H groups in total. The molecule has 1 atom stereocenters. The zero-order chi connectivity index (χ0) is 17.2. The quantitative estimate of drug-likeness (QED) is 0.767. The highest BCUT2D eigenvalue weighted by molar-refractivity contribution is 5.85. The molecule has 3 aliphatic rings. The lowest BCUT2D eigenvalue weighted by Gasteiger charge is -2.36. The Morgan fingerprint density at radius 3 is 2.42 bits per heavy atom. The van der Waals surface area contributed by atoms with Crippen LogP contribution in [0.15, 0.2) is 24.3 Å². The predicted molar refractivity (Wildman–Crippen MR) is 108 cm³/mol. The third-order valence-electron chi connectivity index (χ3n) is 6.06. The summed E-state index contributed by atoms with van der Waals surface area (Å²) in [5.74, 6) is 1.74. The molecule has 4 rings (SSSR count). The minimum atomic E-state index is 0. The summed E-state index contributed by atoms with van der Waals surface area (Å²) < 4.78 is 0. The van der Waals surface area contributed by atoms with Crippen LogP contribution >= 0.6 is 12.4 Å². The van der Waals surface area contributed by atoms with Crippen molar-refractivity contribution in [1.82, 2.24) is 15.5 Å². The fourth-order valence-corrected chi connectivity index (χ4v) is 4.19. The number of hydrogen-bond donors (Lipinski definition) is 2. The van der Waals surface area contributed by atoms with Crippen molar-refractivity contribution in [3.05, 3.63) is 35.4 Å². The molecule has 2 saturated carbocycles. The number of aryl methyl sites for hydroxylation is 1. The van der Waals surface area contributed by atoms with Crippen LogP contribution in [0.2, 0.25) is 0 Å². The highest BCUT2D eigenvalue weighted by Gasteiger charge is 2.42. The monoisotopic (exact) mass is 377 g/mol. The first-order chi connectivity index (χ1) is 12.2. The summed E-state index contributed by atoms with van der Waals surface area (Å²) in [7, 11) is 0. The summed E-state index contributed by atoms with van der Waals surface area (Å²) in [4.78, 5) is 15.0. The number of hydrogen-bond acceptors (Lipinski definition) is 3. The molecule has 0 aromatic heterocycles. The normalized spacial score (nSPS) is 23.5. The van der Waals surface area contributed by atoms with E-state index in [0.29, 0.717) is 18.6 Å². The van der Waals surface area contributed by atoms with E-state index in [1.54, 1.807) is 0 Å². The van der Waals surface area contributed by atoms with Gasteiger partial charge in [-0.2, -0.15) is 0 Å². The van der Waals surface area contributed by atoms with Crippen LogP contribution in [0, 0.1) is 11.8 Å². The molecule has 0 bridgehead atoms. The summed E-state index contributed by atoms with van der Waals surface area (Å²) in [6.07, 6.45) is 6.30. The van der Waals surface area contributed by atoms with E-state index >= 15 is 0 Å². The summed E-state index contributed by atoms with van der Waals surface area (Å²) in [5, 5.41) is 6.87. The molecule has 144 valence electrons. The van der Waals surface area contributed by atoms with Gasteiger partial charge < -0.3 is 10.6 Å². The maximum Gasteiger partial charge on any atom is 0.234 e. The molecule has 1 heterocycles. The molecule has 1 aromatic carbocycles. The number of benzene rings is 1. The number of carbonyl (C=O) groups is 1. The second kappa shape index (κ2) is 8.73. The molecular weight excluding hydrogens is 346 g/mol. The molecule has 1 saturated heterocycles. The van der Waals surface area contributed by atoms with Gasteiger partial charge in [-0.15, -0.1) is 12.4 Å². The van der Waals surface area contributed by atoms with E-state index in [-0.39, 0.29) is 18.3 Å². The van der Waals surface area contributed by atoms with Crippen molar-refractivity contribution in [2.75, 3.05) is 26.2 Å². The van der Waals surface area contributed by atoms with Crippen LogP contribution in [-0.4, -0.2) is 43.0 Å². The molecule has 2 aliphatic carbocycles. The predicted octanol–water partition coefficient (Wildman–Crippen LogP) is 2.92. The Kier molecular flexibility index (Phi) is 6.60. The van der Waals surface area contributed by atoms with E-state index in [4.69, 9.17) is 0 Å². The molecule has 0 radical (unpaired) electrons. The van der Waals surface area contributed by atoms with Crippen molar-refractivity contribution < 1.29 is 4.79 Å². The minimum absolute atomic E-state index is 0. The fraction of sp³-hybridized carbons (Fsp3) is 0.667. The number of amides is 1. The van der Waals surface area contributed by atoms with Crippen molar-refractivity contribution in [3.8, 4) is 0 Å². The van der Waals surface area contributed by atoms with Crippen molar-refractivity contribution >= 4 is 18.3 Å². The van der Waals surface area contributed by atoms with Crippen LogP contribution in [0.4, 0.5) is 0 Å². The van der Waals surface area contributed by atoms with Crippen LogP contribution in [0.5, 0.6) is 0 Å². The molecular formula is C21H32ClN3O. The molecule has 0 spiro atoms. The third-order valence-corrected chi connectivity index (χ3v) is 6.06.